The Morgan fingerprint density at radius 3 is 2.36 bits per heavy atom. The fourth-order valence-corrected chi connectivity index (χ4v) is 3.31. The van der Waals surface area contributed by atoms with E-state index >= 15 is 0 Å². The smallest absolute Gasteiger partial charge is 0.273 e. The summed E-state index contributed by atoms with van der Waals surface area (Å²) in [6.07, 6.45) is 2.13. The molecule has 0 bridgehead atoms. The zero-order valence-corrected chi connectivity index (χ0v) is 15.7. The third-order valence-electron chi connectivity index (χ3n) is 4.95. The summed E-state index contributed by atoms with van der Waals surface area (Å²) in [5.74, 6) is -0.226. The van der Waals surface area contributed by atoms with Gasteiger partial charge in [0.2, 0.25) is 0 Å². The van der Waals surface area contributed by atoms with Crippen LogP contribution in [0.15, 0.2) is 54.6 Å². The molecule has 1 saturated heterocycles. The zero-order valence-electron chi connectivity index (χ0n) is 15.7. The minimum Gasteiger partial charge on any atom is -0.339 e. The lowest BCUT2D eigenvalue weighted by molar-refractivity contribution is 0.0792. The molecule has 0 radical (unpaired) electrons. The Labute approximate surface area is 163 Å². The monoisotopic (exact) mass is 374 g/mol. The molecule has 0 spiro atoms. The number of carbonyl (C=O) groups excluding carboxylic acids is 2. The molecule has 1 aromatic heterocycles. The number of amides is 2. The maximum Gasteiger partial charge on any atom is 0.273 e. The molecule has 0 saturated carbocycles. The van der Waals surface area contributed by atoms with Gasteiger partial charge < -0.3 is 10.2 Å². The van der Waals surface area contributed by atoms with Crippen LogP contribution in [0.4, 0.5) is 5.69 Å². The van der Waals surface area contributed by atoms with Gasteiger partial charge in [0.25, 0.3) is 11.8 Å². The van der Waals surface area contributed by atoms with Crippen molar-refractivity contribution in [2.24, 2.45) is 0 Å². The second kappa shape index (κ2) is 7.68. The van der Waals surface area contributed by atoms with Gasteiger partial charge in [-0.2, -0.15) is 5.10 Å². The van der Waals surface area contributed by atoms with E-state index in [-0.39, 0.29) is 11.8 Å². The molecule has 2 heterocycles. The Balaban J connectivity index is 1.42. The van der Waals surface area contributed by atoms with E-state index in [2.05, 4.69) is 15.5 Å². The van der Waals surface area contributed by atoms with Gasteiger partial charge in [-0.1, -0.05) is 29.8 Å². The molecule has 0 unspecified atom stereocenters. The van der Waals surface area contributed by atoms with Crippen molar-refractivity contribution < 1.29 is 9.59 Å². The van der Waals surface area contributed by atoms with E-state index in [4.69, 9.17) is 0 Å². The summed E-state index contributed by atoms with van der Waals surface area (Å²) in [4.78, 5) is 26.7. The molecule has 2 N–H and O–H groups in total. The van der Waals surface area contributed by atoms with Crippen LogP contribution >= 0.6 is 0 Å². The van der Waals surface area contributed by atoms with Crippen molar-refractivity contribution >= 4 is 17.5 Å². The lowest BCUT2D eigenvalue weighted by atomic mass is 10.1. The minimum atomic E-state index is -0.274. The number of nitrogens with zero attached hydrogens (tertiary/aromatic N) is 2. The van der Waals surface area contributed by atoms with Crippen molar-refractivity contribution in [3.8, 4) is 11.3 Å². The van der Waals surface area contributed by atoms with E-state index in [1.807, 2.05) is 36.1 Å². The summed E-state index contributed by atoms with van der Waals surface area (Å²) in [5, 5.41) is 9.84. The lowest BCUT2D eigenvalue weighted by Gasteiger charge is -2.15. The number of hydrogen-bond donors (Lipinski definition) is 2. The summed E-state index contributed by atoms with van der Waals surface area (Å²) in [5.41, 5.74) is 4.50. The van der Waals surface area contributed by atoms with Crippen LogP contribution in [0.2, 0.25) is 0 Å². The molecule has 142 valence electrons. The van der Waals surface area contributed by atoms with E-state index in [9.17, 15) is 9.59 Å². The average molecular weight is 374 g/mol. The fraction of sp³-hybridized carbons (Fsp3) is 0.227. The molecule has 0 atom stereocenters. The Morgan fingerprint density at radius 1 is 1.00 bits per heavy atom. The molecule has 28 heavy (non-hydrogen) atoms. The summed E-state index contributed by atoms with van der Waals surface area (Å²) < 4.78 is 0. The second-order valence-electron chi connectivity index (χ2n) is 7.06. The summed E-state index contributed by atoms with van der Waals surface area (Å²) in [7, 11) is 0. The predicted molar refractivity (Wildman–Crippen MR) is 108 cm³/mol. The predicted octanol–water partition coefficient (Wildman–Crippen LogP) is 3.87. The highest BCUT2D eigenvalue weighted by Gasteiger charge is 2.19. The number of aromatic nitrogens is 2. The highest BCUT2D eigenvalue weighted by atomic mass is 16.2. The van der Waals surface area contributed by atoms with Crippen molar-refractivity contribution in [2.45, 2.75) is 19.8 Å². The van der Waals surface area contributed by atoms with Gasteiger partial charge in [0, 0.05) is 29.9 Å². The quantitative estimate of drug-likeness (QED) is 0.728. The SMILES string of the molecule is Cc1ccc(-c2cc(C(=O)Nc3ccc(C(=O)N4CCCC4)cc3)[nH]n2)cc1. The van der Waals surface area contributed by atoms with Crippen molar-refractivity contribution in [2.75, 3.05) is 18.4 Å². The van der Waals surface area contributed by atoms with Crippen molar-refractivity contribution in [3.05, 3.63) is 71.4 Å². The molecule has 3 aromatic rings. The van der Waals surface area contributed by atoms with Gasteiger partial charge in [-0.25, -0.2) is 0 Å². The summed E-state index contributed by atoms with van der Waals surface area (Å²) >= 11 is 0. The number of rotatable bonds is 4. The number of aryl methyl sites for hydroxylation is 1. The number of likely N-dealkylation sites (tertiary alicyclic amines) is 1. The highest BCUT2D eigenvalue weighted by molar-refractivity contribution is 6.03. The van der Waals surface area contributed by atoms with Crippen LogP contribution < -0.4 is 5.32 Å². The largest absolute Gasteiger partial charge is 0.339 e. The molecular weight excluding hydrogens is 352 g/mol. The normalized spacial score (nSPS) is 13.5. The first-order chi connectivity index (χ1) is 13.6. The van der Waals surface area contributed by atoms with Crippen LogP contribution in [-0.4, -0.2) is 40.0 Å². The Morgan fingerprint density at radius 2 is 1.68 bits per heavy atom. The lowest BCUT2D eigenvalue weighted by Crippen LogP contribution is -2.27. The topological polar surface area (TPSA) is 78.1 Å². The van der Waals surface area contributed by atoms with Crippen LogP contribution in [0.3, 0.4) is 0 Å². The third-order valence-corrected chi connectivity index (χ3v) is 4.95. The minimum absolute atomic E-state index is 0.0479. The molecule has 2 amide bonds. The van der Waals surface area contributed by atoms with E-state index in [1.54, 1.807) is 30.3 Å². The number of nitrogens with one attached hydrogen (secondary N) is 2. The Bertz CT molecular complexity index is 984. The van der Waals surface area contributed by atoms with E-state index < -0.39 is 0 Å². The van der Waals surface area contributed by atoms with Gasteiger partial charge in [-0.3, -0.25) is 14.7 Å². The average Bonchev–Trinajstić information content (AvgIpc) is 3.41. The number of benzene rings is 2. The van der Waals surface area contributed by atoms with Gasteiger partial charge >= 0.3 is 0 Å². The van der Waals surface area contributed by atoms with Crippen LogP contribution in [-0.2, 0) is 0 Å². The first-order valence-electron chi connectivity index (χ1n) is 9.43. The maximum absolute atomic E-state index is 12.5. The summed E-state index contributed by atoms with van der Waals surface area (Å²) in [6, 6.07) is 16.7. The van der Waals surface area contributed by atoms with Crippen LogP contribution in [0, 0.1) is 6.92 Å². The third kappa shape index (κ3) is 3.81. The first kappa shape index (κ1) is 18.0. The fourth-order valence-electron chi connectivity index (χ4n) is 3.31. The van der Waals surface area contributed by atoms with Crippen LogP contribution in [0.25, 0.3) is 11.3 Å². The molecule has 1 aliphatic rings. The molecular formula is C22H22N4O2. The van der Waals surface area contributed by atoms with Crippen molar-refractivity contribution in [1.82, 2.24) is 15.1 Å². The van der Waals surface area contributed by atoms with Crippen LogP contribution in [0.5, 0.6) is 0 Å². The van der Waals surface area contributed by atoms with Gasteiger partial charge in [0.1, 0.15) is 5.69 Å². The van der Waals surface area contributed by atoms with Gasteiger partial charge in [0.15, 0.2) is 0 Å². The van der Waals surface area contributed by atoms with Gasteiger partial charge in [0.05, 0.1) is 5.69 Å². The molecule has 1 aliphatic heterocycles. The molecule has 2 aromatic carbocycles. The van der Waals surface area contributed by atoms with E-state index in [0.717, 1.165) is 37.2 Å². The van der Waals surface area contributed by atoms with Gasteiger partial charge in [-0.05, 0) is 50.1 Å². The van der Waals surface area contributed by atoms with E-state index in [1.165, 1.54) is 5.56 Å². The van der Waals surface area contributed by atoms with E-state index in [0.29, 0.717) is 16.9 Å². The van der Waals surface area contributed by atoms with Gasteiger partial charge in [-0.15, -0.1) is 0 Å². The van der Waals surface area contributed by atoms with Crippen LogP contribution in [0.1, 0.15) is 39.3 Å². The molecule has 6 heteroatoms. The molecule has 6 nitrogen and oxygen atoms in total. The molecule has 1 fully saturated rings. The number of aromatic amines is 1. The maximum atomic E-state index is 12.5. The Kier molecular flexibility index (Phi) is 4.93. The molecule has 0 aliphatic carbocycles. The number of H-pyrrole nitrogens is 1. The van der Waals surface area contributed by atoms with Crippen molar-refractivity contribution in [3.63, 3.8) is 0 Å². The zero-order chi connectivity index (χ0) is 19.5. The molecule has 4 rings (SSSR count). The second-order valence-corrected chi connectivity index (χ2v) is 7.06. The van der Waals surface area contributed by atoms with Crippen molar-refractivity contribution in [1.29, 1.82) is 0 Å². The number of carbonyl (C=O) groups is 2. The first-order valence-corrected chi connectivity index (χ1v) is 9.43. The standard InChI is InChI=1S/C22H22N4O2/c1-15-4-6-16(7-5-15)19-14-20(25-24-19)21(27)23-18-10-8-17(9-11-18)22(28)26-12-2-3-13-26/h4-11,14H,2-3,12-13H2,1H3,(H,23,27)(H,24,25). The highest BCUT2D eigenvalue weighted by Crippen LogP contribution is 2.19. The number of hydrogen-bond acceptors (Lipinski definition) is 3. The summed E-state index contributed by atoms with van der Waals surface area (Å²) in [6.45, 7) is 3.66. The Hall–Kier alpha value is -3.41. The number of anilines is 1.